The van der Waals surface area contributed by atoms with Gasteiger partial charge >= 0.3 is 0 Å². The highest BCUT2D eigenvalue weighted by Gasteiger charge is 2.18. The van der Waals surface area contributed by atoms with Gasteiger partial charge in [0, 0.05) is 18.7 Å². The Kier molecular flexibility index (Phi) is 2.52. The number of nitrogens with zero attached hydrogens (tertiary/aromatic N) is 2. The van der Waals surface area contributed by atoms with Gasteiger partial charge in [-0.25, -0.2) is 4.98 Å². The lowest BCUT2D eigenvalue weighted by Gasteiger charge is -2.07. The van der Waals surface area contributed by atoms with Gasteiger partial charge in [-0.15, -0.1) is 0 Å². The van der Waals surface area contributed by atoms with Gasteiger partial charge in [-0.2, -0.15) is 11.8 Å². The van der Waals surface area contributed by atoms with Crippen LogP contribution in [0.15, 0.2) is 24.5 Å². The SMILES string of the molecule is Oc1ccn2c(CC3CCSC3)ncc2c1. The molecule has 0 spiro atoms. The Balaban J connectivity index is 1.91. The van der Waals surface area contributed by atoms with Crippen LogP contribution in [-0.4, -0.2) is 26.0 Å². The van der Waals surface area contributed by atoms with Crippen LogP contribution in [0.5, 0.6) is 5.75 Å². The molecule has 84 valence electrons. The van der Waals surface area contributed by atoms with Crippen LogP contribution in [-0.2, 0) is 6.42 Å². The van der Waals surface area contributed by atoms with E-state index in [9.17, 15) is 5.11 Å². The lowest BCUT2D eigenvalue weighted by molar-refractivity contribution is 0.475. The molecule has 3 rings (SSSR count). The highest BCUT2D eigenvalue weighted by molar-refractivity contribution is 7.99. The summed E-state index contributed by atoms with van der Waals surface area (Å²) in [5.41, 5.74) is 0.973. The zero-order valence-corrected chi connectivity index (χ0v) is 9.78. The molecular weight excluding hydrogens is 220 g/mol. The number of pyridine rings is 1. The van der Waals surface area contributed by atoms with Gasteiger partial charge in [0.05, 0.1) is 11.7 Å². The standard InChI is InChI=1S/C12H14N2OS/c15-11-1-3-14-10(6-11)7-13-12(14)5-9-2-4-16-8-9/h1,3,6-7,9,15H,2,4-5,8H2. The minimum Gasteiger partial charge on any atom is -0.508 e. The van der Waals surface area contributed by atoms with Crippen LogP contribution >= 0.6 is 11.8 Å². The van der Waals surface area contributed by atoms with Gasteiger partial charge in [0.1, 0.15) is 11.6 Å². The zero-order chi connectivity index (χ0) is 11.0. The highest BCUT2D eigenvalue weighted by Crippen LogP contribution is 2.26. The second kappa shape index (κ2) is 4.01. The maximum atomic E-state index is 9.38. The van der Waals surface area contributed by atoms with Gasteiger partial charge in [-0.3, -0.25) is 0 Å². The monoisotopic (exact) mass is 234 g/mol. The van der Waals surface area contributed by atoms with E-state index in [1.807, 2.05) is 24.2 Å². The Morgan fingerprint density at radius 3 is 3.31 bits per heavy atom. The molecule has 3 nitrogen and oxygen atoms in total. The fourth-order valence-electron chi connectivity index (χ4n) is 2.20. The molecule has 2 aromatic heterocycles. The van der Waals surface area contributed by atoms with Crippen LogP contribution in [0, 0.1) is 5.92 Å². The van der Waals surface area contributed by atoms with Crippen molar-refractivity contribution >= 4 is 17.3 Å². The Bertz CT molecular complexity index is 503. The molecule has 1 saturated heterocycles. The predicted molar refractivity (Wildman–Crippen MR) is 66.0 cm³/mol. The van der Waals surface area contributed by atoms with E-state index in [0.717, 1.165) is 23.7 Å². The second-order valence-corrected chi connectivity index (χ2v) is 5.44. The molecule has 0 amide bonds. The third-order valence-electron chi connectivity index (χ3n) is 3.09. The number of aromatic hydroxyl groups is 1. The zero-order valence-electron chi connectivity index (χ0n) is 8.97. The Labute approximate surface area is 98.5 Å². The van der Waals surface area contributed by atoms with Crippen LogP contribution in [0.25, 0.3) is 5.52 Å². The number of fused-ring (bicyclic) bond motifs is 1. The average Bonchev–Trinajstić information content (AvgIpc) is 2.89. The van der Waals surface area contributed by atoms with Crippen LogP contribution in [0.3, 0.4) is 0 Å². The first-order chi connectivity index (χ1) is 7.83. The van der Waals surface area contributed by atoms with Crippen molar-refractivity contribution in [2.45, 2.75) is 12.8 Å². The minimum absolute atomic E-state index is 0.301. The number of hydrogen-bond donors (Lipinski definition) is 1. The summed E-state index contributed by atoms with van der Waals surface area (Å²) in [7, 11) is 0. The van der Waals surface area contributed by atoms with Gasteiger partial charge in [0.2, 0.25) is 0 Å². The number of rotatable bonds is 2. The summed E-state index contributed by atoms with van der Waals surface area (Å²) in [6, 6.07) is 3.46. The third-order valence-corrected chi connectivity index (χ3v) is 4.32. The molecule has 0 aromatic carbocycles. The predicted octanol–water partition coefficient (Wildman–Crippen LogP) is 2.34. The second-order valence-electron chi connectivity index (χ2n) is 4.29. The maximum absolute atomic E-state index is 9.38. The summed E-state index contributed by atoms with van der Waals surface area (Å²) in [6.07, 6.45) is 6.08. The Hall–Kier alpha value is -1.16. The summed E-state index contributed by atoms with van der Waals surface area (Å²) in [5, 5.41) is 9.38. The highest BCUT2D eigenvalue weighted by atomic mass is 32.2. The van der Waals surface area contributed by atoms with Gasteiger partial charge in [-0.05, 0) is 29.9 Å². The van der Waals surface area contributed by atoms with E-state index < -0.39 is 0 Å². The summed E-state index contributed by atoms with van der Waals surface area (Å²) in [6.45, 7) is 0. The third kappa shape index (κ3) is 1.78. The Morgan fingerprint density at radius 1 is 1.56 bits per heavy atom. The van der Waals surface area contributed by atoms with E-state index in [0.29, 0.717) is 5.75 Å². The smallest absolute Gasteiger partial charge is 0.119 e. The molecule has 0 bridgehead atoms. The van der Waals surface area contributed by atoms with Gasteiger partial charge < -0.3 is 9.51 Å². The van der Waals surface area contributed by atoms with Crippen LogP contribution in [0.2, 0.25) is 0 Å². The van der Waals surface area contributed by atoms with E-state index in [1.165, 1.54) is 17.9 Å². The van der Waals surface area contributed by atoms with E-state index >= 15 is 0 Å². The van der Waals surface area contributed by atoms with Crippen LogP contribution < -0.4 is 0 Å². The average molecular weight is 234 g/mol. The molecule has 0 saturated carbocycles. The molecule has 1 aliphatic heterocycles. The number of hydrogen-bond acceptors (Lipinski definition) is 3. The van der Waals surface area contributed by atoms with Gasteiger partial charge in [0.15, 0.2) is 0 Å². The molecule has 1 fully saturated rings. The Morgan fingerprint density at radius 2 is 2.50 bits per heavy atom. The van der Waals surface area contributed by atoms with Gasteiger partial charge in [0.25, 0.3) is 0 Å². The van der Waals surface area contributed by atoms with Crippen molar-refractivity contribution in [1.29, 1.82) is 0 Å². The largest absolute Gasteiger partial charge is 0.508 e. The van der Waals surface area contributed by atoms with E-state index in [2.05, 4.69) is 9.38 Å². The first kappa shape index (κ1) is 10.0. The molecule has 3 heterocycles. The van der Waals surface area contributed by atoms with E-state index in [1.54, 1.807) is 12.1 Å². The van der Waals surface area contributed by atoms with E-state index in [-0.39, 0.29) is 0 Å². The van der Waals surface area contributed by atoms with Crippen molar-refractivity contribution in [3.05, 3.63) is 30.4 Å². The van der Waals surface area contributed by atoms with Crippen LogP contribution in [0.4, 0.5) is 0 Å². The van der Waals surface area contributed by atoms with Crippen molar-refractivity contribution in [2.75, 3.05) is 11.5 Å². The number of thioether (sulfide) groups is 1. The molecular formula is C12H14N2OS. The molecule has 16 heavy (non-hydrogen) atoms. The summed E-state index contributed by atoms with van der Waals surface area (Å²) >= 11 is 2.03. The summed E-state index contributed by atoms with van der Waals surface area (Å²) in [5.74, 6) is 4.73. The molecule has 2 aromatic rings. The van der Waals surface area contributed by atoms with E-state index in [4.69, 9.17) is 0 Å². The lowest BCUT2D eigenvalue weighted by atomic mass is 10.1. The normalized spacial score (nSPS) is 20.6. The fourth-order valence-corrected chi connectivity index (χ4v) is 3.48. The summed E-state index contributed by atoms with van der Waals surface area (Å²) in [4.78, 5) is 4.44. The molecule has 1 atom stereocenters. The van der Waals surface area contributed by atoms with Crippen molar-refractivity contribution < 1.29 is 5.11 Å². The number of aromatic nitrogens is 2. The van der Waals surface area contributed by atoms with Crippen molar-refractivity contribution in [3.8, 4) is 5.75 Å². The first-order valence-corrected chi connectivity index (χ1v) is 6.71. The maximum Gasteiger partial charge on any atom is 0.119 e. The fraction of sp³-hybridized carbons (Fsp3) is 0.417. The molecule has 1 unspecified atom stereocenters. The molecule has 4 heteroatoms. The first-order valence-electron chi connectivity index (χ1n) is 5.55. The topological polar surface area (TPSA) is 37.5 Å². The minimum atomic E-state index is 0.301. The van der Waals surface area contributed by atoms with Crippen molar-refractivity contribution in [2.24, 2.45) is 5.92 Å². The quantitative estimate of drug-likeness (QED) is 0.866. The van der Waals surface area contributed by atoms with Crippen molar-refractivity contribution in [1.82, 2.24) is 9.38 Å². The molecule has 0 aliphatic carbocycles. The van der Waals surface area contributed by atoms with Crippen molar-refractivity contribution in [3.63, 3.8) is 0 Å². The molecule has 0 radical (unpaired) electrons. The molecule has 1 N–H and O–H groups in total. The summed E-state index contributed by atoms with van der Waals surface area (Å²) < 4.78 is 2.07. The lowest BCUT2D eigenvalue weighted by Crippen LogP contribution is -2.06. The van der Waals surface area contributed by atoms with Crippen LogP contribution in [0.1, 0.15) is 12.2 Å². The van der Waals surface area contributed by atoms with Gasteiger partial charge in [-0.1, -0.05) is 0 Å². The number of imidazole rings is 1. The molecule has 1 aliphatic rings.